The molecular formula is C10H12N6O. The Hall–Kier alpha value is -2.31. The van der Waals surface area contributed by atoms with Crippen LogP contribution >= 0.6 is 0 Å². The average molecular weight is 232 g/mol. The van der Waals surface area contributed by atoms with Crippen molar-refractivity contribution < 1.29 is 0 Å². The molecule has 0 fully saturated rings. The minimum Gasteiger partial charge on any atom is -0.381 e. The van der Waals surface area contributed by atoms with Gasteiger partial charge >= 0.3 is 0 Å². The molecule has 0 saturated heterocycles. The minimum atomic E-state index is -0.227. The van der Waals surface area contributed by atoms with E-state index in [1.165, 1.54) is 4.52 Å². The van der Waals surface area contributed by atoms with Gasteiger partial charge in [-0.05, 0) is 6.92 Å². The van der Waals surface area contributed by atoms with E-state index in [2.05, 4.69) is 10.2 Å². The lowest BCUT2D eigenvalue weighted by molar-refractivity contribution is 0.711. The fourth-order valence-electron chi connectivity index (χ4n) is 2.23. The second-order valence-electron chi connectivity index (χ2n) is 3.86. The third-order valence-electron chi connectivity index (χ3n) is 2.92. The summed E-state index contributed by atoms with van der Waals surface area (Å²) in [5, 5.41) is 8.53. The van der Waals surface area contributed by atoms with Crippen molar-refractivity contribution in [2.75, 3.05) is 5.73 Å². The molecule has 3 aromatic rings. The molecule has 0 aliphatic heterocycles. The van der Waals surface area contributed by atoms with Gasteiger partial charge < -0.3 is 10.3 Å². The molecule has 0 aliphatic rings. The third kappa shape index (κ3) is 1.08. The van der Waals surface area contributed by atoms with Crippen LogP contribution in [0.5, 0.6) is 0 Å². The largest absolute Gasteiger partial charge is 0.381 e. The second kappa shape index (κ2) is 3.09. The standard InChI is InChI=1S/C10H12N6O/c1-3-15-6-4-5-12-16(6)10(17)7-8(11)13-14(2)9(7)15/h4-5H,3H2,1-2H3,(H2,11,13). The van der Waals surface area contributed by atoms with Crippen molar-refractivity contribution in [3.8, 4) is 0 Å². The number of nitrogens with zero attached hydrogens (tertiary/aromatic N) is 5. The van der Waals surface area contributed by atoms with Crippen molar-refractivity contribution in [1.29, 1.82) is 0 Å². The van der Waals surface area contributed by atoms with Crippen molar-refractivity contribution in [2.24, 2.45) is 7.05 Å². The Kier molecular flexibility index (Phi) is 1.80. The molecule has 0 atom stereocenters. The monoisotopic (exact) mass is 232 g/mol. The molecule has 2 N–H and O–H groups in total. The number of fused-ring (bicyclic) bond motifs is 2. The first kappa shape index (κ1) is 9.88. The average Bonchev–Trinajstić information content (AvgIpc) is 2.86. The number of anilines is 1. The van der Waals surface area contributed by atoms with E-state index in [0.29, 0.717) is 11.9 Å². The fraction of sp³-hybridized carbons (Fsp3) is 0.300. The first-order chi connectivity index (χ1) is 8.15. The number of hydrogen-bond donors (Lipinski definition) is 1. The normalized spacial score (nSPS) is 11.6. The number of aryl methyl sites for hydroxylation is 2. The Morgan fingerprint density at radius 3 is 2.94 bits per heavy atom. The lowest BCUT2D eigenvalue weighted by atomic mass is 10.3. The van der Waals surface area contributed by atoms with Crippen LogP contribution in [0.25, 0.3) is 16.7 Å². The van der Waals surface area contributed by atoms with Crippen molar-refractivity contribution in [3.05, 3.63) is 22.6 Å². The van der Waals surface area contributed by atoms with Gasteiger partial charge in [-0.1, -0.05) is 0 Å². The van der Waals surface area contributed by atoms with Crippen LogP contribution in [0.2, 0.25) is 0 Å². The maximum atomic E-state index is 12.2. The summed E-state index contributed by atoms with van der Waals surface area (Å²) in [6.07, 6.45) is 1.60. The number of nitrogens with two attached hydrogens (primary N) is 1. The van der Waals surface area contributed by atoms with Crippen LogP contribution in [0.3, 0.4) is 0 Å². The van der Waals surface area contributed by atoms with E-state index < -0.39 is 0 Å². The van der Waals surface area contributed by atoms with E-state index in [9.17, 15) is 4.79 Å². The van der Waals surface area contributed by atoms with Gasteiger partial charge in [-0.3, -0.25) is 4.79 Å². The summed E-state index contributed by atoms with van der Waals surface area (Å²) in [4.78, 5) is 12.2. The van der Waals surface area contributed by atoms with Crippen molar-refractivity contribution >= 4 is 22.5 Å². The molecule has 0 aliphatic carbocycles. The van der Waals surface area contributed by atoms with Crippen molar-refractivity contribution in [2.45, 2.75) is 13.5 Å². The number of aromatic nitrogens is 5. The first-order valence-corrected chi connectivity index (χ1v) is 5.34. The molecule has 3 rings (SSSR count). The molecule has 0 radical (unpaired) electrons. The van der Waals surface area contributed by atoms with Gasteiger partial charge in [0.1, 0.15) is 16.7 Å². The first-order valence-electron chi connectivity index (χ1n) is 5.34. The van der Waals surface area contributed by atoms with Crippen LogP contribution < -0.4 is 11.3 Å². The zero-order valence-corrected chi connectivity index (χ0v) is 9.58. The molecule has 3 heterocycles. The maximum Gasteiger partial charge on any atom is 0.287 e. The Morgan fingerprint density at radius 1 is 1.47 bits per heavy atom. The van der Waals surface area contributed by atoms with Crippen LogP contribution in [0.4, 0.5) is 5.82 Å². The van der Waals surface area contributed by atoms with E-state index in [1.807, 2.05) is 11.5 Å². The molecule has 3 aromatic heterocycles. The lowest BCUT2D eigenvalue weighted by Gasteiger charge is -2.08. The molecule has 0 spiro atoms. The summed E-state index contributed by atoms with van der Waals surface area (Å²) < 4.78 is 4.94. The Morgan fingerprint density at radius 2 is 2.24 bits per heavy atom. The van der Waals surface area contributed by atoms with Gasteiger partial charge in [-0.25, -0.2) is 4.68 Å². The Balaban J connectivity index is 2.73. The van der Waals surface area contributed by atoms with Gasteiger partial charge in [0.05, 0.1) is 6.20 Å². The number of nitrogen functional groups attached to an aromatic ring is 1. The third-order valence-corrected chi connectivity index (χ3v) is 2.92. The predicted molar refractivity (Wildman–Crippen MR) is 63.8 cm³/mol. The number of hydrogen-bond acceptors (Lipinski definition) is 4. The van der Waals surface area contributed by atoms with E-state index >= 15 is 0 Å². The highest BCUT2D eigenvalue weighted by Gasteiger charge is 2.17. The molecule has 0 unspecified atom stereocenters. The summed E-state index contributed by atoms with van der Waals surface area (Å²) in [6, 6.07) is 1.80. The molecule has 0 amide bonds. The molecule has 0 bridgehead atoms. The summed E-state index contributed by atoms with van der Waals surface area (Å²) in [5.41, 5.74) is 7.02. The van der Waals surface area contributed by atoms with Gasteiger partial charge in [0.2, 0.25) is 0 Å². The Bertz CT molecular complexity index is 777. The summed E-state index contributed by atoms with van der Waals surface area (Å²) in [7, 11) is 1.77. The highest BCUT2D eigenvalue weighted by Crippen LogP contribution is 2.18. The highest BCUT2D eigenvalue weighted by molar-refractivity contribution is 5.87. The number of rotatable bonds is 1. The van der Waals surface area contributed by atoms with Gasteiger partial charge in [-0.15, -0.1) is 0 Å². The van der Waals surface area contributed by atoms with Crippen LogP contribution in [-0.2, 0) is 13.6 Å². The van der Waals surface area contributed by atoms with Crippen LogP contribution in [0, 0.1) is 0 Å². The topological polar surface area (TPSA) is 83.1 Å². The highest BCUT2D eigenvalue weighted by atomic mass is 16.1. The van der Waals surface area contributed by atoms with Crippen molar-refractivity contribution in [3.63, 3.8) is 0 Å². The molecule has 0 saturated carbocycles. The van der Waals surface area contributed by atoms with E-state index in [0.717, 1.165) is 11.3 Å². The lowest BCUT2D eigenvalue weighted by Crippen LogP contribution is -2.20. The SMILES string of the molecule is CCn1c2c(c(N)nn2C)c(=O)n2nccc12. The van der Waals surface area contributed by atoms with Gasteiger partial charge in [0, 0.05) is 19.7 Å². The molecular weight excluding hydrogens is 220 g/mol. The van der Waals surface area contributed by atoms with E-state index in [1.54, 1.807) is 24.0 Å². The molecule has 7 nitrogen and oxygen atoms in total. The zero-order chi connectivity index (χ0) is 12.2. The summed E-state index contributed by atoms with van der Waals surface area (Å²) in [6.45, 7) is 2.71. The summed E-state index contributed by atoms with van der Waals surface area (Å²) in [5.74, 6) is 0.243. The van der Waals surface area contributed by atoms with Gasteiger partial charge in [0.15, 0.2) is 5.82 Å². The maximum absolute atomic E-state index is 12.2. The Labute approximate surface area is 96.1 Å². The van der Waals surface area contributed by atoms with Crippen molar-refractivity contribution in [1.82, 2.24) is 24.0 Å². The smallest absolute Gasteiger partial charge is 0.287 e. The van der Waals surface area contributed by atoms with E-state index in [4.69, 9.17) is 5.73 Å². The molecule has 0 aromatic carbocycles. The molecule has 88 valence electrons. The summed E-state index contributed by atoms with van der Waals surface area (Å²) >= 11 is 0. The second-order valence-corrected chi connectivity index (χ2v) is 3.86. The van der Waals surface area contributed by atoms with Crippen LogP contribution in [-0.4, -0.2) is 24.0 Å². The zero-order valence-electron chi connectivity index (χ0n) is 9.58. The van der Waals surface area contributed by atoms with Crippen LogP contribution in [0.15, 0.2) is 17.1 Å². The minimum absolute atomic E-state index is 0.227. The molecule has 7 heteroatoms. The van der Waals surface area contributed by atoms with Crippen LogP contribution in [0.1, 0.15) is 6.92 Å². The quantitative estimate of drug-likeness (QED) is 0.639. The van der Waals surface area contributed by atoms with Gasteiger partial charge in [-0.2, -0.15) is 14.7 Å². The van der Waals surface area contributed by atoms with E-state index in [-0.39, 0.29) is 11.4 Å². The fourth-order valence-corrected chi connectivity index (χ4v) is 2.23. The van der Waals surface area contributed by atoms with Gasteiger partial charge in [0.25, 0.3) is 5.56 Å². The predicted octanol–water partition coefficient (Wildman–Crippen LogP) is -0.0152. The molecule has 17 heavy (non-hydrogen) atoms.